The molecular formula is C37H35F6N3O5. The zero-order valence-corrected chi connectivity index (χ0v) is 27.8. The molecule has 3 N–H and O–H groups in total. The van der Waals surface area contributed by atoms with Gasteiger partial charge in [0.1, 0.15) is 35.3 Å². The number of nitrogens with zero attached hydrogens (tertiary/aromatic N) is 2. The second-order valence-corrected chi connectivity index (χ2v) is 13.2. The van der Waals surface area contributed by atoms with Crippen LogP contribution in [0.15, 0.2) is 59.5 Å². The van der Waals surface area contributed by atoms with Crippen LogP contribution in [-0.4, -0.2) is 57.7 Å². The highest BCUT2D eigenvalue weighted by atomic mass is 19.4. The number of aliphatic hydroxyl groups is 2. The lowest BCUT2D eigenvalue weighted by molar-refractivity contribution is -0.138. The van der Waals surface area contributed by atoms with Crippen LogP contribution >= 0.6 is 0 Å². The van der Waals surface area contributed by atoms with Crippen molar-refractivity contribution in [2.75, 3.05) is 19.6 Å². The van der Waals surface area contributed by atoms with Crippen molar-refractivity contribution in [3.05, 3.63) is 116 Å². The summed E-state index contributed by atoms with van der Waals surface area (Å²) < 4.78 is 94.8. The van der Waals surface area contributed by atoms with Crippen molar-refractivity contribution in [3.63, 3.8) is 0 Å². The maximum Gasteiger partial charge on any atom is 0.416 e. The van der Waals surface area contributed by atoms with Crippen LogP contribution in [0.2, 0.25) is 0 Å². The first-order valence-corrected chi connectivity index (χ1v) is 16.2. The van der Waals surface area contributed by atoms with E-state index in [1.54, 1.807) is 24.0 Å². The number of halogens is 6. The molecule has 0 aliphatic carbocycles. The van der Waals surface area contributed by atoms with Crippen molar-refractivity contribution in [1.82, 2.24) is 14.8 Å². The monoisotopic (exact) mass is 715 g/mol. The normalized spacial score (nSPS) is 18.2. The summed E-state index contributed by atoms with van der Waals surface area (Å²) in [5.74, 6) is -2.65. The van der Waals surface area contributed by atoms with Gasteiger partial charge in [0.05, 0.1) is 11.6 Å². The number of carbonyl (C=O) groups excluding carboxylic acids is 1. The number of aliphatic hydroxyl groups excluding tert-OH is 1. The first kappa shape index (κ1) is 36.1. The molecule has 2 aliphatic rings. The molecule has 1 fully saturated rings. The summed E-state index contributed by atoms with van der Waals surface area (Å²) in [6, 6.07) is 6.85. The quantitative estimate of drug-likeness (QED) is 0.163. The summed E-state index contributed by atoms with van der Waals surface area (Å²) in [6.45, 7) is 5.18. The Morgan fingerprint density at radius 2 is 1.69 bits per heavy atom. The Hall–Kier alpha value is -4.66. The van der Waals surface area contributed by atoms with Crippen molar-refractivity contribution >= 4 is 5.91 Å². The molecule has 51 heavy (non-hydrogen) atoms. The van der Waals surface area contributed by atoms with E-state index in [4.69, 9.17) is 4.74 Å². The van der Waals surface area contributed by atoms with Gasteiger partial charge >= 0.3 is 6.18 Å². The lowest BCUT2D eigenvalue weighted by atomic mass is 9.91. The molecule has 270 valence electrons. The molecule has 6 rings (SSSR count). The van der Waals surface area contributed by atoms with Crippen LogP contribution in [0.5, 0.6) is 11.5 Å². The van der Waals surface area contributed by atoms with E-state index in [0.717, 1.165) is 29.5 Å². The minimum Gasteiger partial charge on any atom is -0.457 e. The standard InChI is InChI=1S/C37H35F6N3O5/c1-18-8-19(2)33-22-10-20(3)34(40)26(11-22)29(14-32(48)49)44-36(50)35(25-12-24(4-5-28(25)39)51-30(33)9-18)46-15-21(6-7-45-16-23(38)17-45)27(13-31(46)47)37(41,42)43/h4-5,8-13,15,23,29,32,35,48-49H,6-7,14,16-17H2,1-3H3,(H,44,50)/t29-,35-/m0/s1. The number of alkyl halides is 4. The Balaban J connectivity index is 1.59. The third-order valence-electron chi connectivity index (χ3n) is 9.25. The van der Waals surface area contributed by atoms with E-state index < -0.39 is 76.9 Å². The van der Waals surface area contributed by atoms with E-state index >= 15 is 8.78 Å². The van der Waals surface area contributed by atoms with E-state index in [0.29, 0.717) is 21.8 Å². The van der Waals surface area contributed by atoms with Gasteiger partial charge in [-0.1, -0.05) is 6.07 Å². The number of aryl methyl sites for hydroxylation is 3. The molecule has 1 saturated heterocycles. The van der Waals surface area contributed by atoms with Crippen LogP contribution in [0.4, 0.5) is 26.3 Å². The Labute approximate surface area is 288 Å². The van der Waals surface area contributed by atoms with Crippen molar-refractivity contribution < 1.29 is 46.1 Å². The van der Waals surface area contributed by atoms with E-state index in [9.17, 15) is 37.4 Å². The van der Waals surface area contributed by atoms with Gasteiger partial charge in [0.15, 0.2) is 6.29 Å². The molecule has 1 amide bonds. The van der Waals surface area contributed by atoms with E-state index in [1.165, 1.54) is 19.1 Å². The molecular weight excluding hydrogens is 680 g/mol. The molecule has 0 spiro atoms. The summed E-state index contributed by atoms with van der Waals surface area (Å²) >= 11 is 0. The number of benzene rings is 3. The van der Waals surface area contributed by atoms with Crippen molar-refractivity contribution in [2.24, 2.45) is 0 Å². The summed E-state index contributed by atoms with van der Waals surface area (Å²) in [6.07, 6.45) is -8.25. The third-order valence-corrected chi connectivity index (χ3v) is 9.25. The Morgan fingerprint density at radius 1 is 0.961 bits per heavy atom. The average molecular weight is 716 g/mol. The first-order chi connectivity index (χ1) is 24.0. The molecule has 3 aromatic carbocycles. The van der Waals surface area contributed by atoms with E-state index in [-0.39, 0.29) is 48.7 Å². The fourth-order valence-corrected chi connectivity index (χ4v) is 6.86. The molecule has 14 heteroatoms. The van der Waals surface area contributed by atoms with Crippen LogP contribution in [0.1, 0.15) is 57.4 Å². The number of fused-ring (bicyclic) bond motifs is 6. The summed E-state index contributed by atoms with van der Waals surface area (Å²) in [5, 5.41) is 22.6. The lowest BCUT2D eigenvalue weighted by Crippen LogP contribution is -2.49. The van der Waals surface area contributed by atoms with Crippen LogP contribution < -0.4 is 15.6 Å². The Kier molecular flexibility index (Phi) is 9.79. The molecule has 4 bridgehead atoms. The molecule has 2 aliphatic heterocycles. The van der Waals surface area contributed by atoms with Gasteiger partial charge in [-0.3, -0.25) is 19.1 Å². The van der Waals surface area contributed by atoms with Crippen molar-refractivity contribution in [2.45, 2.75) is 64.3 Å². The highest BCUT2D eigenvalue weighted by Gasteiger charge is 2.38. The zero-order valence-electron chi connectivity index (χ0n) is 27.8. The lowest BCUT2D eigenvalue weighted by Gasteiger charge is -2.34. The smallest absolute Gasteiger partial charge is 0.416 e. The largest absolute Gasteiger partial charge is 0.457 e. The van der Waals surface area contributed by atoms with E-state index in [2.05, 4.69) is 5.32 Å². The minimum atomic E-state index is -4.97. The molecule has 3 heterocycles. The maximum absolute atomic E-state index is 15.9. The number of amides is 1. The number of nitrogens with one attached hydrogen (secondary N) is 1. The van der Waals surface area contributed by atoms with Gasteiger partial charge in [-0.2, -0.15) is 13.2 Å². The third kappa shape index (κ3) is 7.39. The number of hydrogen-bond donors (Lipinski definition) is 3. The Morgan fingerprint density at radius 3 is 2.35 bits per heavy atom. The second kappa shape index (κ2) is 13.8. The highest BCUT2D eigenvalue weighted by molar-refractivity contribution is 5.85. The molecule has 0 saturated carbocycles. The molecule has 4 aromatic rings. The van der Waals surface area contributed by atoms with Gasteiger partial charge in [0, 0.05) is 55.0 Å². The maximum atomic E-state index is 15.9. The summed E-state index contributed by atoms with van der Waals surface area (Å²) in [7, 11) is 0. The van der Waals surface area contributed by atoms with Crippen molar-refractivity contribution in [1.29, 1.82) is 0 Å². The first-order valence-electron chi connectivity index (χ1n) is 16.2. The van der Waals surface area contributed by atoms with Gasteiger partial charge < -0.3 is 20.3 Å². The van der Waals surface area contributed by atoms with E-state index in [1.807, 2.05) is 13.0 Å². The average Bonchev–Trinajstić information content (AvgIpc) is 3.01. The summed E-state index contributed by atoms with van der Waals surface area (Å²) in [4.78, 5) is 29.5. The number of aromatic nitrogens is 1. The minimum absolute atomic E-state index is 0.0138. The molecule has 1 aromatic heterocycles. The van der Waals surface area contributed by atoms with Crippen LogP contribution in [0, 0.1) is 32.4 Å². The van der Waals surface area contributed by atoms with Crippen molar-refractivity contribution in [3.8, 4) is 22.6 Å². The van der Waals surface area contributed by atoms with Crippen LogP contribution in [0.3, 0.4) is 0 Å². The van der Waals surface area contributed by atoms with Gasteiger partial charge in [-0.05, 0) is 91.4 Å². The van der Waals surface area contributed by atoms with Crippen LogP contribution in [-0.2, 0) is 17.4 Å². The topological polar surface area (TPSA) is 104 Å². The molecule has 0 radical (unpaired) electrons. The Bertz CT molecular complexity index is 2060. The summed E-state index contributed by atoms with van der Waals surface area (Å²) in [5.41, 5.74) is -0.929. The number of carbonyl (C=O) groups is 1. The molecule has 8 nitrogen and oxygen atoms in total. The highest BCUT2D eigenvalue weighted by Crippen LogP contribution is 2.41. The predicted octanol–water partition coefficient (Wildman–Crippen LogP) is 6.19. The number of likely N-dealkylation sites (tertiary alicyclic amines) is 1. The number of rotatable bonds is 6. The zero-order chi connectivity index (χ0) is 36.9. The molecule has 0 unspecified atom stereocenters. The van der Waals surface area contributed by atoms with Gasteiger partial charge in [0.2, 0.25) is 5.91 Å². The van der Waals surface area contributed by atoms with Gasteiger partial charge in [0.25, 0.3) is 5.56 Å². The fourth-order valence-electron chi connectivity index (χ4n) is 6.86. The SMILES string of the molecule is Cc1cc(C)c2c(c1)Oc1ccc(F)c(c1)[C@H](n1cc(CCN3CC(F)C3)c(C(F)(F)F)cc1=O)C(=O)N[C@@H](CC(O)O)c1cc-2cc(C)c1F. The molecule has 2 atom stereocenters. The number of pyridine rings is 1. The number of hydrogen-bond acceptors (Lipinski definition) is 6. The second-order valence-electron chi connectivity index (χ2n) is 13.2. The number of ether oxygens (including phenoxy) is 1. The van der Waals surface area contributed by atoms with Gasteiger partial charge in [-0.15, -0.1) is 0 Å². The predicted molar refractivity (Wildman–Crippen MR) is 175 cm³/mol. The van der Waals surface area contributed by atoms with Gasteiger partial charge in [-0.25, -0.2) is 13.2 Å². The van der Waals surface area contributed by atoms with Crippen LogP contribution in [0.25, 0.3) is 11.1 Å². The fraction of sp³-hybridized carbons (Fsp3) is 0.351.